The third-order valence-electron chi connectivity index (χ3n) is 5.31. The van der Waals surface area contributed by atoms with E-state index in [0.717, 1.165) is 27.5 Å². The molecule has 2 atom stereocenters. The Balaban J connectivity index is 2.13. The van der Waals surface area contributed by atoms with Crippen LogP contribution in [0.15, 0.2) is 60.3 Å². The summed E-state index contributed by atoms with van der Waals surface area (Å²) in [4.78, 5) is 30.5. The molecule has 1 heterocycles. The number of hydrogen-bond acceptors (Lipinski definition) is 6. The Morgan fingerprint density at radius 2 is 1.75 bits per heavy atom. The molecule has 3 rings (SSSR count). The Bertz CT molecular complexity index is 973. The largest absolute Gasteiger partial charge is 0.497 e. The Hall–Kier alpha value is -2.77. The van der Waals surface area contributed by atoms with E-state index in [-0.39, 0.29) is 5.91 Å². The van der Waals surface area contributed by atoms with E-state index in [1.807, 2.05) is 80.5 Å². The molecule has 7 heteroatoms. The van der Waals surface area contributed by atoms with Crippen LogP contribution >= 0.6 is 11.8 Å². The molecule has 32 heavy (non-hydrogen) atoms. The third kappa shape index (κ3) is 5.53. The second-order valence-corrected chi connectivity index (χ2v) is 9.07. The maximum atomic E-state index is 13.7. The van der Waals surface area contributed by atoms with E-state index in [1.54, 1.807) is 23.8 Å². The van der Waals surface area contributed by atoms with E-state index in [2.05, 4.69) is 0 Å². The first kappa shape index (κ1) is 23.9. The molecule has 170 valence electrons. The predicted molar refractivity (Wildman–Crippen MR) is 128 cm³/mol. The number of rotatable bonds is 7. The second-order valence-electron chi connectivity index (χ2n) is 7.92. The van der Waals surface area contributed by atoms with Gasteiger partial charge in [0.15, 0.2) is 6.10 Å². The van der Waals surface area contributed by atoms with Crippen molar-refractivity contribution in [1.82, 2.24) is 9.80 Å². The maximum absolute atomic E-state index is 13.7. The molecule has 0 saturated heterocycles. The standard InChI is InChI=1S/C25H30N2O4S/c1-17-23(19-9-7-6-8-10-19)32-24(20-11-13-21(30-5)14-12-20)22(31-18(2)28)25(29)27(17)16-15-26(3)4/h6-14,22,24H,15-16H2,1-5H3/t22-,24+/m0/s1. The highest BCUT2D eigenvalue weighted by molar-refractivity contribution is 8.08. The third-order valence-corrected chi connectivity index (χ3v) is 6.85. The zero-order chi connectivity index (χ0) is 23.3. The number of thioether (sulfide) groups is 1. The summed E-state index contributed by atoms with van der Waals surface area (Å²) < 4.78 is 10.9. The van der Waals surface area contributed by atoms with Gasteiger partial charge in [-0.3, -0.25) is 9.59 Å². The lowest BCUT2D eigenvalue weighted by atomic mass is 10.1. The van der Waals surface area contributed by atoms with Crippen molar-refractivity contribution >= 4 is 28.5 Å². The topological polar surface area (TPSA) is 59.1 Å². The molecule has 0 radical (unpaired) electrons. The summed E-state index contributed by atoms with van der Waals surface area (Å²) >= 11 is 1.56. The van der Waals surface area contributed by atoms with E-state index < -0.39 is 17.3 Å². The summed E-state index contributed by atoms with van der Waals surface area (Å²) in [6.07, 6.45) is -0.941. The molecule has 2 aromatic carbocycles. The molecule has 0 aromatic heterocycles. The predicted octanol–water partition coefficient (Wildman–Crippen LogP) is 4.19. The summed E-state index contributed by atoms with van der Waals surface area (Å²) in [6, 6.07) is 17.6. The smallest absolute Gasteiger partial charge is 0.303 e. The van der Waals surface area contributed by atoms with Crippen LogP contribution < -0.4 is 4.74 Å². The number of nitrogens with zero attached hydrogens (tertiary/aromatic N) is 2. The quantitative estimate of drug-likeness (QED) is 0.585. The van der Waals surface area contributed by atoms with Gasteiger partial charge in [-0.05, 0) is 44.3 Å². The minimum Gasteiger partial charge on any atom is -0.497 e. The van der Waals surface area contributed by atoms with Gasteiger partial charge in [-0.15, -0.1) is 11.8 Å². The van der Waals surface area contributed by atoms with E-state index in [4.69, 9.17) is 9.47 Å². The van der Waals surface area contributed by atoms with Crippen molar-refractivity contribution in [2.24, 2.45) is 0 Å². The summed E-state index contributed by atoms with van der Waals surface area (Å²) in [5.74, 6) is 0.0417. The minimum absolute atomic E-state index is 0.209. The molecule has 1 aliphatic heterocycles. The number of carbonyl (C=O) groups is 2. The highest BCUT2D eigenvalue weighted by atomic mass is 32.2. The number of amides is 1. The van der Waals surface area contributed by atoms with Gasteiger partial charge < -0.3 is 19.3 Å². The molecule has 1 aliphatic rings. The Labute approximate surface area is 194 Å². The van der Waals surface area contributed by atoms with Crippen molar-refractivity contribution in [3.05, 3.63) is 71.4 Å². The van der Waals surface area contributed by atoms with Crippen molar-refractivity contribution in [3.63, 3.8) is 0 Å². The normalized spacial score (nSPS) is 19.2. The molecule has 0 spiro atoms. The molecule has 0 aliphatic carbocycles. The molecule has 0 saturated carbocycles. The van der Waals surface area contributed by atoms with Crippen LogP contribution in [0, 0.1) is 0 Å². The van der Waals surface area contributed by atoms with Crippen LogP contribution in [0.1, 0.15) is 30.2 Å². The van der Waals surface area contributed by atoms with Crippen molar-refractivity contribution in [3.8, 4) is 5.75 Å². The molecule has 6 nitrogen and oxygen atoms in total. The number of ether oxygens (including phenoxy) is 2. The molecule has 2 aromatic rings. The van der Waals surface area contributed by atoms with Crippen LogP contribution in [0.2, 0.25) is 0 Å². The molecule has 1 amide bonds. The van der Waals surface area contributed by atoms with Crippen LogP contribution in [0.5, 0.6) is 5.75 Å². The van der Waals surface area contributed by atoms with E-state index in [1.165, 1.54) is 6.92 Å². The van der Waals surface area contributed by atoms with Gasteiger partial charge in [0.2, 0.25) is 0 Å². The fraction of sp³-hybridized carbons (Fsp3) is 0.360. The van der Waals surface area contributed by atoms with Crippen LogP contribution in [0.3, 0.4) is 0 Å². The molecular weight excluding hydrogens is 424 g/mol. The Morgan fingerprint density at radius 1 is 1.09 bits per heavy atom. The van der Waals surface area contributed by atoms with Crippen LogP contribution in [-0.4, -0.2) is 62.1 Å². The number of allylic oxidation sites excluding steroid dienone is 1. The Morgan fingerprint density at radius 3 is 2.31 bits per heavy atom. The number of benzene rings is 2. The first-order valence-electron chi connectivity index (χ1n) is 10.5. The Kier molecular flexibility index (Phi) is 7.99. The number of esters is 1. The first-order chi connectivity index (χ1) is 15.3. The second kappa shape index (κ2) is 10.7. The van der Waals surface area contributed by atoms with Crippen LogP contribution in [0.25, 0.3) is 4.91 Å². The lowest BCUT2D eigenvalue weighted by Crippen LogP contribution is -2.43. The monoisotopic (exact) mass is 454 g/mol. The summed E-state index contributed by atoms with van der Waals surface area (Å²) in [7, 11) is 5.55. The molecule has 0 unspecified atom stereocenters. The fourth-order valence-corrected chi connectivity index (χ4v) is 5.01. The van der Waals surface area contributed by atoms with Gasteiger partial charge in [0.1, 0.15) is 5.75 Å². The molecule has 0 N–H and O–H groups in total. The summed E-state index contributed by atoms with van der Waals surface area (Å²) in [6.45, 7) is 4.50. The van der Waals surface area contributed by atoms with Gasteiger partial charge in [0.25, 0.3) is 5.91 Å². The highest BCUT2D eigenvalue weighted by Crippen LogP contribution is 2.48. The average Bonchev–Trinajstić information content (AvgIpc) is 2.88. The van der Waals surface area contributed by atoms with Gasteiger partial charge in [-0.1, -0.05) is 42.5 Å². The zero-order valence-electron chi connectivity index (χ0n) is 19.2. The maximum Gasteiger partial charge on any atom is 0.303 e. The first-order valence-corrected chi connectivity index (χ1v) is 11.4. The van der Waals surface area contributed by atoms with E-state index in [9.17, 15) is 9.59 Å². The van der Waals surface area contributed by atoms with Gasteiger partial charge in [0.05, 0.1) is 12.4 Å². The van der Waals surface area contributed by atoms with Crippen molar-refractivity contribution in [2.45, 2.75) is 25.2 Å². The van der Waals surface area contributed by atoms with Crippen molar-refractivity contribution in [2.75, 3.05) is 34.3 Å². The van der Waals surface area contributed by atoms with Crippen LogP contribution in [-0.2, 0) is 14.3 Å². The van der Waals surface area contributed by atoms with Crippen molar-refractivity contribution < 1.29 is 19.1 Å². The fourth-order valence-electron chi connectivity index (χ4n) is 3.62. The van der Waals surface area contributed by atoms with Crippen LogP contribution in [0.4, 0.5) is 0 Å². The number of carbonyl (C=O) groups excluding carboxylic acids is 2. The minimum atomic E-state index is -0.941. The number of hydrogen-bond donors (Lipinski definition) is 0. The highest BCUT2D eigenvalue weighted by Gasteiger charge is 2.41. The van der Waals surface area contributed by atoms with Gasteiger partial charge in [-0.2, -0.15) is 0 Å². The number of likely N-dealkylation sites (N-methyl/N-ethyl adjacent to an activating group) is 1. The van der Waals surface area contributed by atoms with Gasteiger partial charge >= 0.3 is 5.97 Å². The van der Waals surface area contributed by atoms with E-state index in [0.29, 0.717) is 13.1 Å². The van der Waals surface area contributed by atoms with Gasteiger partial charge in [0, 0.05) is 30.6 Å². The lowest BCUT2D eigenvalue weighted by Gasteiger charge is -2.29. The van der Waals surface area contributed by atoms with Crippen molar-refractivity contribution in [1.29, 1.82) is 0 Å². The lowest BCUT2D eigenvalue weighted by molar-refractivity contribution is -0.157. The summed E-state index contributed by atoms with van der Waals surface area (Å²) in [5.41, 5.74) is 2.78. The van der Waals surface area contributed by atoms with Gasteiger partial charge in [-0.25, -0.2) is 0 Å². The zero-order valence-corrected chi connectivity index (χ0v) is 20.0. The average molecular weight is 455 g/mol. The SMILES string of the molecule is COc1ccc([C@H]2SC(c3ccccc3)=C(C)N(CCN(C)C)C(=O)[C@H]2OC(C)=O)cc1. The van der Waals surface area contributed by atoms with E-state index >= 15 is 0 Å². The molecule has 0 bridgehead atoms. The molecular formula is C25H30N2O4S. The summed E-state index contributed by atoms with van der Waals surface area (Å²) in [5, 5.41) is -0.396. The number of methoxy groups -OCH3 is 1. The molecule has 0 fully saturated rings.